The molecule has 1 fully saturated rings. The summed E-state index contributed by atoms with van der Waals surface area (Å²) in [7, 11) is 0. The molecule has 1 aliphatic rings. The maximum absolute atomic E-state index is 5.87. The van der Waals surface area contributed by atoms with Gasteiger partial charge in [0, 0.05) is 22.7 Å². The van der Waals surface area contributed by atoms with Crippen LogP contribution < -0.4 is 10.6 Å². The van der Waals surface area contributed by atoms with Gasteiger partial charge in [-0.15, -0.1) is 0 Å². The van der Waals surface area contributed by atoms with Crippen molar-refractivity contribution in [2.45, 2.75) is 32.0 Å². The van der Waals surface area contributed by atoms with Crippen LogP contribution >= 0.6 is 15.9 Å². The highest BCUT2D eigenvalue weighted by Gasteiger charge is 2.31. The van der Waals surface area contributed by atoms with Crippen LogP contribution in [0.25, 0.3) is 0 Å². The average Bonchev–Trinajstić information content (AvgIpc) is 3.13. The van der Waals surface area contributed by atoms with Crippen LogP contribution in [-0.2, 0) is 13.1 Å². The zero-order valence-electron chi connectivity index (χ0n) is 10.7. The number of benzene rings is 1. The Morgan fingerprint density at radius 1 is 1.32 bits per heavy atom. The monoisotopic (exact) mass is 320 g/mol. The first-order valence-corrected chi connectivity index (χ1v) is 7.35. The molecule has 0 aliphatic heterocycles. The van der Waals surface area contributed by atoms with Gasteiger partial charge in [0.15, 0.2) is 0 Å². The zero-order chi connectivity index (χ0) is 13.2. The van der Waals surface area contributed by atoms with Gasteiger partial charge in [-0.3, -0.25) is 0 Å². The third-order valence-corrected chi connectivity index (χ3v) is 3.96. The molecule has 0 atom stereocenters. The van der Waals surface area contributed by atoms with Gasteiger partial charge in [-0.1, -0.05) is 22.0 Å². The zero-order valence-corrected chi connectivity index (χ0v) is 12.3. The lowest BCUT2D eigenvalue weighted by Crippen LogP contribution is -2.26. The second-order valence-electron chi connectivity index (χ2n) is 4.92. The van der Waals surface area contributed by atoms with Crippen molar-refractivity contribution in [3.05, 3.63) is 52.4 Å². The Balaban J connectivity index is 1.93. The van der Waals surface area contributed by atoms with E-state index in [-0.39, 0.29) is 0 Å². The number of hydrogen-bond donors (Lipinski definition) is 1. The normalized spacial score (nSPS) is 14.6. The lowest BCUT2D eigenvalue weighted by atomic mass is 10.1. The minimum Gasteiger partial charge on any atom is -0.467 e. The van der Waals surface area contributed by atoms with E-state index in [0.717, 1.165) is 16.8 Å². The highest BCUT2D eigenvalue weighted by atomic mass is 79.9. The summed E-state index contributed by atoms with van der Waals surface area (Å²) in [4.78, 5) is 2.41. The summed E-state index contributed by atoms with van der Waals surface area (Å²) in [5.41, 5.74) is 8.27. The minimum atomic E-state index is 0.560. The van der Waals surface area contributed by atoms with Crippen LogP contribution in [0.15, 0.2) is 45.5 Å². The first kappa shape index (κ1) is 12.8. The molecular weight excluding hydrogens is 304 g/mol. The van der Waals surface area contributed by atoms with Gasteiger partial charge >= 0.3 is 0 Å². The Morgan fingerprint density at radius 2 is 2.16 bits per heavy atom. The fourth-order valence-corrected chi connectivity index (χ4v) is 2.69. The van der Waals surface area contributed by atoms with Crippen molar-refractivity contribution in [3.8, 4) is 0 Å². The molecule has 1 aromatic carbocycles. The number of halogens is 1. The van der Waals surface area contributed by atoms with Crippen LogP contribution in [0.5, 0.6) is 0 Å². The maximum atomic E-state index is 5.87. The molecule has 4 heteroatoms. The van der Waals surface area contributed by atoms with Crippen molar-refractivity contribution in [3.63, 3.8) is 0 Å². The molecule has 19 heavy (non-hydrogen) atoms. The Bertz CT molecular complexity index is 549. The summed E-state index contributed by atoms with van der Waals surface area (Å²) >= 11 is 3.55. The largest absolute Gasteiger partial charge is 0.467 e. The van der Waals surface area contributed by atoms with E-state index in [1.807, 2.05) is 18.2 Å². The molecule has 1 aliphatic carbocycles. The number of nitrogens with two attached hydrogens (primary N) is 1. The minimum absolute atomic E-state index is 0.560. The predicted molar refractivity (Wildman–Crippen MR) is 79.9 cm³/mol. The lowest BCUT2D eigenvalue weighted by Gasteiger charge is -2.26. The Hall–Kier alpha value is -1.26. The first-order chi connectivity index (χ1) is 9.28. The van der Waals surface area contributed by atoms with Gasteiger partial charge in [-0.2, -0.15) is 0 Å². The van der Waals surface area contributed by atoms with E-state index in [1.165, 1.54) is 24.1 Å². The van der Waals surface area contributed by atoms with Gasteiger partial charge in [-0.05, 0) is 42.7 Å². The van der Waals surface area contributed by atoms with Crippen LogP contribution in [-0.4, -0.2) is 6.04 Å². The van der Waals surface area contributed by atoms with Gasteiger partial charge < -0.3 is 15.1 Å². The summed E-state index contributed by atoms with van der Waals surface area (Å²) in [5.74, 6) is 0.995. The number of hydrogen-bond acceptors (Lipinski definition) is 3. The van der Waals surface area contributed by atoms with Crippen LogP contribution in [0.3, 0.4) is 0 Å². The van der Waals surface area contributed by atoms with Crippen molar-refractivity contribution >= 4 is 21.6 Å². The quantitative estimate of drug-likeness (QED) is 0.914. The van der Waals surface area contributed by atoms with Gasteiger partial charge in [0.05, 0.1) is 12.8 Å². The van der Waals surface area contributed by atoms with E-state index >= 15 is 0 Å². The van der Waals surface area contributed by atoms with Crippen LogP contribution in [0.4, 0.5) is 5.69 Å². The Morgan fingerprint density at radius 3 is 2.79 bits per heavy atom. The summed E-state index contributed by atoms with van der Waals surface area (Å²) < 4.78 is 6.57. The van der Waals surface area contributed by atoms with E-state index in [9.17, 15) is 0 Å². The second kappa shape index (κ2) is 5.39. The number of nitrogens with zero attached hydrogens (tertiary/aromatic N) is 1. The Kier molecular flexibility index (Phi) is 3.62. The highest BCUT2D eigenvalue weighted by Crippen LogP contribution is 2.36. The topological polar surface area (TPSA) is 42.4 Å². The number of anilines is 1. The molecule has 0 amide bonds. The summed E-state index contributed by atoms with van der Waals surface area (Å²) in [5, 5.41) is 0. The molecule has 0 saturated heterocycles. The SMILES string of the molecule is NCc1ccc(Br)cc1N(Cc1ccco1)C1CC1. The molecular formula is C15H17BrN2O. The smallest absolute Gasteiger partial charge is 0.123 e. The third-order valence-electron chi connectivity index (χ3n) is 3.47. The average molecular weight is 321 g/mol. The third kappa shape index (κ3) is 2.85. The van der Waals surface area contributed by atoms with Gasteiger partial charge in [-0.25, -0.2) is 0 Å². The fraction of sp³-hybridized carbons (Fsp3) is 0.333. The molecule has 100 valence electrons. The molecule has 2 aromatic rings. The van der Waals surface area contributed by atoms with Crippen molar-refractivity contribution in [2.24, 2.45) is 5.73 Å². The fourth-order valence-electron chi connectivity index (χ4n) is 2.34. The van der Waals surface area contributed by atoms with Crippen molar-refractivity contribution in [2.75, 3.05) is 4.90 Å². The van der Waals surface area contributed by atoms with Crippen LogP contribution in [0.2, 0.25) is 0 Å². The predicted octanol–water partition coefficient (Wildman–Crippen LogP) is 3.67. The molecule has 1 aromatic heterocycles. The Labute approximate surface area is 121 Å². The van der Waals surface area contributed by atoms with Crippen molar-refractivity contribution in [1.82, 2.24) is 0 Å². The molecule has 2 N–H and O–H groups in total. The highest BCUT2D eigenvalue weighted by molar-refractivity contribution is 9.10. The maximum Gasteiger partial charge on any atom is 0.123 e. The standard InChI is InChI=1S/C15H17BrN2O/c16-12-4-3-11(9-17)15(8-12)18(13-5-6-13)10-14-2-1-7-19-14/h1-4,7-8,13H,5-6,9-10,17H2. The second-order valence-corrected chi connectivity index (χ2v) is 5.83. The number of furan rings is 1. The van der Waals surface area contributed by atoms with E-state index in [4.69, 9.17) is 10.2 Å². The van der Waals surface area contributed by atoms with E-state index in [2.05, 4.69) is 33.0 Å². The molecule has 3 nitrogen and oxygen atoms in total. The van der Waals surface area contributed by atoms with Crippen LogP contribution in [0.1, 0.15) is 24.2 Å². The molecule has 0 unspecified atom stereocenters. The van der Waals surface area contributed by atoms with Crippen molar-refractivity contribution < 1.29 is 4.42 Å². The van der Waals surface area contributed by atoms with Gasteiger partial charge in [0.2, 0.25) is 0 Å². The molecule has 0 bridgehead atoms. The summed E-state index contributed by atoms with van der Waals surface area (Å²) in [6, 6.07) is 10.9. The number of rotatable bonds is 5. The van der Waals surface area contributed by atoms with E-state index in [1.54, 1.807) is 6.26 Å². The van der Waals surface area contributed by atoms with E-state index < -0.39 is 0 Å². The van der Waals surface area contributed by atoms with Crippen LogP contribution in [0, 0.1) is 0 Å². The molecule has 0 spiro atoms. The molecule has 1 saturated carbocycles. The van der Waals surface area contributed by atoms with Gasteiger partial charge in [0.25, 0.3) is 0 Å². The molecule has 3 rings (SSSR count). The lowest BCUT2D eigenvalue weighted by molar-refractivity contribution is 0.501. The molecule has 0 radical (unpaired) electrons. The first-order valence-electron chi connectivity index (χ1n) is 6.55. The molecule has 1 heterocycles. The van der Waals surface area contributed by atoms with E-state index in [0.29, 0.717) is 12.6 Å². The van der Waals surface area contributed by atoms with Gasteiger partial charge in [0.1, 0.15) is 5.76 Å². The summed E-state index contributed by atoms with van der Waals surface area (Å²) in [6.07, 6.45) is 4.22. The van der Waals surface area contributed by atoms with Crippen molar-refractivity contribution in [1.29, 1.82) is 0 Å². The summed E-state index contributed by atoms with van der Waals surface area (Å²) in [6.45, 7) is 1.37.